The molecule has 0 spiro atoms. The summed E-state index contributed by atoms with van der Waals surface area (Å²) in [5.74, 6) is 1.61. The lowest BCUT2D eigenvalue weighted by atomic mass is 10.1. The number of ether oxygens (including phenoxy) is 2. The highest BCUT2D eigenvalue weighted by Crippen LogP contribution is 2.30. The molecule has 0 N–H and O–H groups in total. The minimum Gasteiger partial charge on any atom is -0.493 e. The second-order valence-corrected chi connectivity index (χ2v) is 3.82. The van der Waals surface area contributed by atoms with Gasteiger partial charge in [0.15, 0.2) is 17.8 Å². The van der Waals surface area contributed by atoms with Crippen LogP contribution in [-0.2, 0) is 0 Å². The zero-order valence-corrected chi connectivity index (χ0v) is 10.0. The average Bonchev–Trinajstić information content (AvgIpc) is 2.35. The van der Waals surface area contributed by atoms with Crippen LogP contribution in [0, 0.1) is 5.92 Å². The molecule has 1 aromatic rings. The first-order valence-corrected chi connectivity index (χ1v) is 5.47. The second kappa shape index (κ2) is 6.16. The Balaban J connectivity index is 2.86. The largest absolute Gasteiger partial charge is 0.493 e. The summed E-state index contributed by atoms with van der Waals surface area (Å²) in [5.41, 5.74) is 0.530. The molecule has 0 saturated carbocycles. The maximum absolute atomic E-state index is 10.9. The van der Waals surface area contributed by atoms with Crippen molar-refractivity contribution >= 4 is 6.29 Å². The monoisotopic (exact) mass is 222 g/mol. The van der Waals surface area contributed by atoms with Gasteiger partial charge in [0.05, 0.1) is 19.3 Å². The van der Waals surface area contributed by atoms with Crippen LogP contribution in [0.3, 0.4) is 0 Å². The van der Waals surface area contributed by atoms with E-state index in [9.17, 15) is 4.79 Å². The van der Waals surface area contributed by atoms with Crippen LogP contribution in [0.15, 0.2) is 18.2 Å². The highest BCUT2D eigenvalue weighted by molar-refractivity contribution is 5.81. The third-order valence-corrected chi connectivity index (χ3v) is 2.57. The van der Waals surface area contributed by atoms with Crippen molar-refractivity contribution in [3.05, 3.63) is 23.8 Å². The molecule has 0 radical (unpaired) electrons. The van der Waals surface area contributed by atoms with E-state index in [1.165, 1.54) is 0 Å². The molecule has 1 aromatic carbocycles. The molecule has 0 amide bonds. The Hall–Kier alpha value is -1.51. The summed E-state index contributed by atoms with van der Waals surface area (Å²) in [6.45, 7) is 4.81. The first-order chi connectivity index (χ1) is 7.72. The normalized spacial score (nSPS) is 11.9. The van der Waals surface area contributed by atoms with E-state index in [0.717, 1.165) is 12.7 Å². The van der Waals surface area contributed by atoms with Gasteiger partial charge in [0.25, 0.3) is 0 Å². The molecular formula is C13H18O3. The SMILES string of the molecule is CCC(C)COc1c(C=O)cccc1OC. The fraction of sp³-hybridized carbons (Fsp3) is 0.462. The molecule has 1 unspecified atom stereocenters. The standard InChI is InChI=1S/C13H18O3/c1-4-10(2)9-16-13-11(8-14)6-5-7-12(13)15-3/h5-8,10H,4,9H2,1-3H3. The van der Waals surface area contributed by atoms with E-state index >= 15 is 0 Å². The van der Waals surface area contributed by atoms with Crippen molar-refractivity contribution in [3.8, 4) is 11.5 Å². The Morgan fingerprint density at radius 3 is 2.75 bits per heavy atom. The number of hydrogen-bond donors (Lipinski definition) is 0. The van der Waals surface area contributed by atoms with Crippen molar-refractivity contribution in [2.75, 3.05) is 13.7 Å². The fourth-order valence-corrected chi connectivity index (χ4v) is 1.28. The van der Waals surface area contributed by atoms with Gasteiger partial charge in [0, 0.05) is 0 Å². The number of carbonyl (C=O) groups excluding carboxylic acids is 1. The van der Waals surface area contributed by atoms with Gasteiger partial charge in [0.2, 0.25) is 0 Å². The van der Waals surface area contributed by atoms with Crippen molar-refractivity contribution < 1.29 is 14.3 Å². The van der Waals surface area contributed by atoms with E-state index in [2.05, 4.69) is 13.8 Å². The van der Waals surface area contributed by atoms with Gasteiger partial charge in [-0.2, -0.15) is 0 Å². The molecule has 0 aliphatic rings. The van der Waals surface area contributed by atoms with Crippen LogP contribution in [0.2, 0.25) is 0 Å². The summed E-state index contributed by atoms with van der Waals surface area (Å²) in [4.78, 5) is 10.9. The van der Waals surface area contributed by atoms with Crippen molar-refractivity contribution in [2.45, 2.75) is 20.3 Å². The number of benzene rings is 1. The minimum absolute atomic E-state index is 0.462. The zero-order valence-electron chi connectivity index (χ0n) is 10.0. The molecule has 3 heteroatoms. The summed E-state index contributed by atoms with van der Waals surface area (Å²) in [5, 5.41) is 0. The predicted octanol–water partition coefficient (Wildman–Crippen LogP) is 2.93. The highest BCUT2D eigenvalue weighted by atomic mass is 16.5. The average molecular weight is 222 g/mol. The Labute approximate surface area is 96.4 Å². The van der Waals surface area contributed by atoms with Gasteiger partial charge < -0.3 is 9.47 Å². The third kappa shape index (κ3) is 2.99. The van der Waals surface area contributed by atoms with Crippen LogP contribution in [0.4, 0.5) is 0 Å². The fourth-order valence-electron chi connectivity index (χ4n) is 1.28. The number of methoxy groups -OCH3 is 1. The molecule has 0 aliphatic heterocycles. The summed E-state index contributed by atoms with van der Waals surface area (Å²) in [6, 6.07) is 5.29. The Kier molecular flexibility index (Phi) is 4.83. The maximum atomic E-state index is 10.9. The molecule has 16 heavy (non-hydrogen) atoms. The number of aldehydes is 1. The number of carbonyl (C=O) groups is 1. The first-order valence-electron chi connectivity index (χ1n) is 5.47. The van der Waals surface area contributed by atoms with Crippen LogP contribution < -0.4 is 9.47 Å². The second-order valence-electron chi connectivity index (χ2n) is 3.82. The van der Waals surface area contributed by atoms with Crippen molar-refractivity contribution in [3.63, 3.8) is 0 Å². The van der Waals surface area contributed by atoms with Crippen molar-refractivity contribution in [2.24, 2.45) is 5.92 Å². The Bertz CT molecular complexity index is 347. The van der Waals surface area contributed by atoms with Crippen LogP contribution >= 0.6 is 0 Å². The van der Waals surface area contributed by atoms with E-state index in [4.69, 9.17) is 9.47 Å². The third-order valence-electron chi connectivity index (χ3n) is 2.57. The van der Waals surface area contributed by atoms with E-state index in [-0.39, 0.29) is 0 Å². The summed E-state index contributed by atoms with van der Waals surface area (Å²) in [6.07, 6.45) is 1.83. The van der Waals surface area contributed by atoms with Crippen LogP contribution in [0.1, 0.15) is 30.6 Å². The van der Waals surface area contributed by atoms with Gasteiger partial charge in [-0.05, 0) is 18.1 Å². The van der Waals surface area contributed by atoms with Crippen molar-refractivity contribution in [1.82, 2.24) is 0 Å². The number of hydrogen-bond acceptors (Lipinski definition) is 3. The van der Waals surface area contributed by atoms with Crippen molar-refractivity contribution in [1.29, 1.82) is 0 Å². The lowest BCUT2D eigenvalue weighted by Crippen LogP contribution is -2.09. The van der Waals surface area contributed by atoms with E-state index < -0.39 is 0 Å². The molecule has 0 fully saturated rings. The molecule has 0 heterocycles. The van der Waals surface area contributed by atoms with Gasteiger partial charge in [-0.3, -0.25) is 4.79 Å². The van der Waals surface area contributed by atoms with Gasteiger partial charge in [-0.15, -0.1) is 0 Å². The molecule has 1 atom stereocenters. The van der Waals surface area contributed by atoms with Crippen LogP contribution in [0.25, 0.3) is 0 Å². The lowest BCUT2D eigenvalue weighted by Gasteiger charge is -2.15. The molecule has 0 aromatic heterocycles. The lowest BCUT2D eigenvalue weighted by molar-refractivity contribution is 0.111. The van der Waals surface area contributed by atoms with Gasteiger partial charge in [-0.25, -0.2) is 0 Å². The van der Waals surface area contributed by atoms with Gasteiger partial charge >= 0.3 is 0 Å². The Morgan fingerprint density at radius 1 is 1.44 bits per heavy atom. The number of para-hydroxylation sites is 1. The molecule has 0 bridgehead atoms. The summed E-state index contributed by atoms with van der Waals surface area (Å²) in [7, 11) is 1.57. The molecule has 88 valence electrons. The smallest absolute Gasteiger partial charge is 0.171 e. The molecule has 0 saturated heterocycles. The predicted molar refractivity (Wildman–Crippen MR) is 63.3 cm³/mol. The molecule has 0 aliphatic carbocycles. The van der Waals surface area contributed by atoms with E-state index in [1.807, 2.05) is 0 Å². The summed E-state index contributed by atoms with van der Waals surface area (Å²) >= 11 is 0. The molecule has 3 nitrogen and oxygen atoms in total. The topological polar surface area (TPSA) is 35.5 Å². The number of rotatable bonds is 6. The van der Waals surface area contributed by atoms with Crippen LogP contribution in [0.5, 0.6) is 11.5 Å². The highest BCUT2D eigenvalue weighted by Gasteiger charge is 2.11. The van der Waals surface area contributed by atoms with E-state index in [1.54, 1.807) is 25.3 Å². The maximum Gasteiger partial charge on any atom is 0.171 e. The quantitative estimate of drug-likeness (QED) is 0.694. The molecule has 1 rings (SSSR count). The molecular weight excluding hydrogens is 204 g/mol. The zero-order chi connectivity index (χ0) is 12.0. The minimum atomic E-state index is 0.462. The Morgan fingerprint density at radius 2 is 2.19 bits per heavy atom. The van der Waals surface area contributed by atoms with E-state index in [0.29, 0.717) is 29.6 Å². The summed E-state index contributed by atoms with van der Waals surface area (Å²) < 4.78 is 10.8. The van der Waals surface area contributed by atoms with Crippen LogP contribution in [-0.4, -0.2) is 20.0 Å². The van der Waals surface area contributed by atoms with Gasteiger partial charge in [-0.1, -0.05) is 26.3 Å². The first kappa shape index (κ1) is 12.6. The van der Waals surface area contributed by atoms with Gasteiger partial charge in [0.1, 0.15) is 0 Å².